The van der Waals surface area contributed by atoms with Crippen LogP contribution in [0.15, 0.2) is 67.1 Å². The van der Waals surface area contributed by atoms with Gasteiger partial charge < -0.3 is 21.7 Å². The van der Waals surface area contributed by atoms with Crippen molar-refractivity contribution in [2.45, 2.75) is 19.8 Å². The van der Waals surface area contributed by atoms with E-state index in [0.717, 1.165) is 30.3 Å². The Hall–Kier alpha value is -3.02. The summed E-state index contributed by atoms with van der Waals surface area (Å²) in [6, 6.07) is 2.36. The summed E-state index contributed by atoms with van der Waals surface area (Å²) in [5.41, 5.74) is 12.8. The minimum Gasteiger partial charge on any atom is -0.403 e. The van der Waals surface area contributed by atoms with Crippen LogP contribution in [0.4, 0.5) is 14.5 Å². The minimum atomic E-state index is -0.773. The fourth-order valence-electron chi connectivity index (χ4n) is 2.58. The van der Waals surface area contributed by atoms with E-state index in [1.54, 1.807) is 35.7 Å². The third-order valence-electron chi connectivity index (χ3n) is 3.75. The number of nitrogen functional groups attached to an aromatic ring is 1. The van der Waals surface area contributed by atoms with Crippen molar-refractivity contribution in [3.05, 3.63) is 84.3 Å². The minimum absolute atomic E-state index is 0.0985. The van der Waals surface area contributed by atoms with Gasteiger partial charge in [0.15, 0.2) is 5.82 Å². The molecular formula is C19H22F2N4. The molecule has 1 aliphatic rings. The van der Waals surface area contributed by atoms with E-state index in [4.69, 9.17) is 11.5 Å². The Balaban J connectivity index is 2.49. The van der Waals surface area contributed by atoms with Crippen molar-refractivity contribution in [3.63, 3.8) is 0 Å². The van der Waals surface area contributed by atoms with E-state index in [9.17, 15) is 8.78 Å². The van der Waals surface area contributed by atoms with Crippen molar-refractivity contribution < 1.29 is 8.78 Å². The van der Waals surface area contributed by atoms with Crippen LogP contribution in [0.5, 0.6) is 0 Å². The van der Waals surface area contributed by atoms with Gasteiger partial charge in [0.2, 0.25) is 0 Å². The SMILES string of the molecule is C=CN1C=C(c2c(F)ccc(N)c2F)C=C/C1=C(/CCC)N/C=C\N. The van der Waals surface area contributed by atoms with Crippen LogP contribution in [-0.4, -0.2) is 4.90 Å². The highest BCUT2D eigenvalue weighted by Crippen LogP contribution is 2.31. The van der Waals surface area contributed by atoms with Crippen LogP contribution in [0.3, 0.4) is 0 Å². The molecule has 4 nitrogen and oxygen atoms in total. The van der Waals surface area contributed by atoms with Crippen molar-refractivity contribution in [1.82, 2.24) is 10.2 Å². The molecule has 1 aliphatic heterocycles. The van der Waals surface area contributed by atoms with Gasteiger partial charge in [0, 0.05) is 36.1 Å². The Morgan fingerprint density at radius 1 is 1.32 bits per heavy atom. The highest BCUT2D eigenvalue weighted by atomic mass is 19.1. The lowest BCUT2D eigenvalue weighted by molar-refractivity contribution is 0.576. The topological polar surface area (TPSA) is 67.3 Å². The molecule has 6 heteroatoms. The standard InChI is InChI=1S/C19H22F2N4/c1-3-5-16(24-11-10-22)17-9-6-13(12-25(17)4-2)18-14(20)7-8-15(23)19(18)21/h4,6-12,24H,2-3,5,22-23H2,1H3/b11-10-,17-16+. The fourth-order valence-corrected chi connectivity index (χ4v) is 2.58. The Labute approximate surface area is 146 Å². The number of anilines is 1. The van der Waals surface area contributed by atoms with Gasteiger partial charge in [-0.25, -0.2) is 8.78 Å². The predicted molar refractivity (Wildman–Crippen MR) is 98.3 cm³/mol. The normalized spacial score (nSPS) is 16.1. The summed E-state index contributed by atoms with van der Waals surface area (Å²) in [6.07, 6.45) is 11.3. The van der Waals surface area contributed by atoms with Crippen molar-refractivity contribution in [2.75, 3.05) is 5.73 Å². The van der Waals surface area contributed by atoms with E-state index in [2.05, 4.69) is 18.8 Å². The molecule has 2 rings (SSSR count). The first-order chi connectivity index (χ1) is 12.0. The molecular weight excluding hydrogens is 322 g/mol. The van der Waals surface area contributed by atoms with Crippen LogP contribution in [-0.2, 0) is 0 Å². The Kier molecular flexibility index (Phi) is 6.00. The number of nitrogens with one attached hydrogen (secondary N) is 1. The zero-order valence-corrected chi connectivity index (χ0v) is 14.1. The van der Waals surface area contributed by atoms with Crippen LogP contribution in [0.2, 0.25) is 0 Å². The Bertz CT molecular complexity index is 776. The molecule has 0 spiro atoms. The average Bonchev–Trinajstić information content (AvgIpc) is 2.62. The quantitative estimate of drug-likeness (QED) is 0.684. The van der Waals surface area contributed by atoms with Gasteiger partial charge in [-0.1, -0.05) is 26.0 Å². The summed E-state index contributed by atoms with van der Waals surface area (Å²) < 4.78 is 28.4. The van der Waals surface area contributed by atoms with Crippen LogP contribution in [0.1, 0.15) is 25.3 Å². The molecule has 0 radical (unpaired) electrons. The maximum atomic E-state index is 14.3. The van der Waals surface area contributed by atoms with Gasteiger partial charge in [-0.2, -0.15) is 0 Å². The lowest BCUT2D eigenvalue weighted by Crippen LogP contribution is -2.19. The fraction of sp³-hybridized carbons (Fsp3) is 0.158. The molecule has 0 aliphatic carbocycles. The molecule has 0 saturated heterocycles. The Morgan fingerprint density at radius 2 is 2.08 bits per heavy atom. The molecule has 0 fully saturated rings. The molecule has 0 saturated carbocycles. The van der Waals surface area contributed by atoms with Gasteiger partial charge in [-0.3, -0.25) is 0 Å². The van der Waals surface area contributed by atoms with E-state index >= 15 is 0 Å². The molecule has 5 N–H and O–H groups in total. The molecule has 1 aromatic rings. The zero-order chi connectivity index (χ0) is 18.4. The number of rotatable bonds is 6. The van der Waals surface area contributed by atoms with Crippen LogP contribution in [0.25, 0.3) is 5.57 Å². The van der Waals surface area contributed by atoms with Crippen LogP contribution >= 0.6 is 0 Å². The average molecular weight is 344 g/mol. The molecule has 1 aromatic carbocycles. The molecule has 25 heavy (non-hydrogen) atoms. The largest absolute Gasteiger partial charge is 0.403 e. The summed E-state index contributed by atoms with van der Waals surface area (Å²) in [7, 11) is 0. The van der Waals surface area contributed by atoms with Crippen molar-refractivity contribution in [2.24, 2.45) is 5.73 Å². The number of nitrogens with two attached hydrogens (primary N) is 2. The number of allylic oxidation sites excluding steroid dienone is 4. The number of nitrogens with zero attached hydrogens (tertiary/aromatic N) is 1. The zero-order valence-electron chi connectivity index (χ0n) is 14.1. The molecule has 132 valence electrons. The van der Waals surface area contributed by atoms with Gasteiger partial charge >= 0.3 is 0 Å². The lowest BCUT2D eigenvalue weighted by atomic mass is 10.0. The number of hydrogen-bond donors (Lipinski definition) is 3. The van der Waals surface area contributed by atoms with Crippen LogP contribution in [0, 0.1) is 11.6 Å². The van der Waals surface area contributed by atoms with E-state index < -0.39 is 11.6 Å². The number of halogens is 2. The molecule has 1 heterocycles. The number of hydrogen-bond acceptors (Lipinski definition) is 4. The second-order valence-electron chi connectivity index (χ2n) is 5.45. The summed E-state index contributed by atoms with van der Waals surface area (Å²) in [5, 5.41) is 3.13. The van der Waals surface area contributed by atoms with E-state index in [0.29, 0.717) is 5.57 Å². The smallest absolute Gasteiger partial charge is 0.156 e. The predicted octanol–water partition coefficient (Wildman–Crippen LogP) is 3.93. The van der Waals surface area contributed by atoms with Gasteiger partial charge in [0.25, 0.3) is 0 Å². The highest BCUT2D eigenvalue weighted by molar-refractivity contribution is 5.78. The first-order valence-electron chi connectivity index (χ1n) is 7.94. The highest BCUT2D eigenvalue weighted by Gasteiger charge is 2.19. The molecule has 0 atom stereocenters. The first-order valence-corrected chi connectivity index (χ1v) is 7.94. The second kappa shape index (κ2) is 8.19. The van der Waals surface area contributed by atoms with E-state index in [-0.39, 0.29) is 11.3 Å². The molecule has 0 unspecified atom stereocenters. The Morgan fingerprint density at radius 3 is 2.72 bits per heavy atom. The number of benzene rings is 1. The van der Waals surface area contributed by atoms with E-state index in [1.165, 1.54) is 12.3 Å². The van der Waals surface area contributed by atoms with Crippen LogP contribution < -0.4 is 16.8 Å². The maximum Gasteiger partial charge on any atom is 0.156 e. The summed E-state index contributed by atoms with van der Waals surface area (Å²) in [4.78, 5) is 1.71. The van der Waals surface area contributed by atoms with E-state index in [1.807, 2.05) is 0 Å². The van der Waals surface area contributed by atoms with Crippen molar-refractivity contribution in [3.8, 4) is 0 Å². The summed E-state index contributed by atoms with van der Waals surface area (Å²) in [6.45, 7) is 5.83. The van der Waals surface area contributed by atoms with Crippen molar-refractivity contribution >= 4 is 11.3 Å². The molecule has 0 bridgehead atoms. The lowest BCUT2D eigenvalue weighted by Gasteiger charge is -2.26. The first kappa shape index (κ1) is 18.3. The molecule has 0 amide bonds. The second-order valence-corrected chi connectivity index (χ2v) is 5.45. The van der Waals surface area contributed by atoms with Gasteiger partial charge in [-0.15, -0.1) is 0 Å². The van der Waals surface area contributed by atoms with Gasteiger partial charge in [0.05, 0.1) is 16.9 Å². The third-order valence-corrected chi connectivity index (χ3v) is 3.75. The van der Waals surface area contributed by atoms with Gasteiger partial charge in [-0.05, 0) is 24.6 Å². The monoisotopic (exact) mass is 344 g/mol. The van der Waals surface area contributed by atoms with Gasteiger partial charge in [0.1, 0.15) is 5.82 Å². The maximum absolute atomic E-state index is 14.3. The van der Waals surface area contributed by atoms with Crippen molar-refractivity contribution in [1.29, 1.82) is 0 Å². The third kappa shape index (κ3) is 3.91. The molecule has 0 aromatic heterocycles. The summed E-state index contributed by atoms with van der Waals surface area (Å²) in [5.74, 6) is -1.44. The summed E-state index contributed by atoms with van der Waals surface area (Å²) >= 11 is 0.